The van der Waals surface area contributed by atoms with Gasteiger partial charge in [0.15, 0.2) is 0 Å². The maximum Gasteiger partial charge on any atom is 0.327 e. The summed E-state index contributed by atoms with van der Waals surface area (Å²) in [7, 11) is 0. The number of carboxylic acid groups (broad SMARTS) is 1. The third-order valence-electron chi connectivity index (χ3n) is 6.41. The highest BCUT2D eigenvalue weighted by Gasteiger charge is 2.32. The van der Waals surface area contributed by atoms with E-state index in [0.29, 0.717) is 0 Å². The number of hydrogen-bond donors (Lipinski definition) is 7. The summed E-state index contributed by atoms with van der Waals surface area (Å²) in [6, 6.07) is 12.6. The minimum atomic E-state index is -1.23. The zero-order valence-electron chi connectivity index (χ0n) is 21.9. The largest absolute Gasteiger partial charge is 0.480 e. The number of nitrogens with two attached hydrogens (primary N) is 1. The molecule has 0 fully saturated rings. The number of amides is 3. The molecule has 7 N–H and O–H groups in total. The fourth-order valence-electron chi connectivity index (χ4n) is 4.20. The number of para-hydroxylation sites is 1. The lowest BCUT2D eigenvalue weighted by Gasteiger charge is -2.27. The third-order valence-corrected chi connectivity index (χ3v) is 6.78. The molecule has 208 valence electrons. The highest BCUT2D eigenvalue weighted by atomic mass is 32.1. The van der Waals surface area contributed by atoms with E-state index < -0.39 is 47.9 Å². The number of aromatic amines is 1. The number of aromatic nitrogens is 1. The Bertz CT molecular complexity index is 1300. The highest BCUT2D eigenvalue weighted by molar-refractivity contribution is 7.80. The maximum atomic E-state index is 13.4. The number of carboxylic acids is 1. The molecule has 2 aromatic carbocycles. The predicted octanol–water partition coefficient (Wildman–Crippen LogP) is 1.41. The number of nitrogens with one attached hydrogen (secondary N) is 4. The lowest BCUT2D eigenvalue weighted by molar-refractivity contribution is -0.142. The molecule has 4 unspecified atom stereocenters. The van der Waals surface area contributed by atoms with Crippen molar-refractivity contribution in [2.75, 3.05) is 5.75 Å². The van der Waals surface area contributed by atoms with Crippen LogP contribution in [0.25, 0.3) is 10.9 Å². The first-order valence-electron chi connectivity index (χ1n) is 12.7. The summed E-state index contributed by atoms with van der Waals surface area (Å²) >= 11 is 3.97. The minimum Gasteiger partial charge on any atom is -0.480 e. The molecule has 1 heterocycles. The van der Waals surface area contributed by atoms with Crippen LogP contribution in [-0.2, 0) is 32.0 Å². The molecule has 39 heavy (non-hydrogen) atoms. The lowest BCUT2D eigenvalue weighted by atomic mass is 10.00. The topological polar surface area (TPSA) is 166 Å². The molecule has 3 aromatic rings. The Kier molecular flexibility index (Phi) is 10.5. The molecule has 3 amide bonds. The van der Waals surface area contributed by atoms with Crippen LogP contribution in [0.3, 0.4) is 0 Å². The molecule has 0 spiro atoms. The van der Waals surface area contributed by atoms with Gasteiger partial charge in [0.05, 0.1) is 6.04 Å². The second-order valence-electron chi connectivity index (χ2n) is 9.73. The van der Waals surface area contributed by atoms with E-state index in [1.54, 1.807) is 13.8 Å². The van der Waals surface area contributed by atoms with Crippen LogP contribution in [0.1, 0.15) is 25.0 Å². The fraction of sp³-hybridized carbons (Fsp3) is 0.357. The van der Waals surface area contributed by atoms with Crippen molar-refractivity contribution in [3.05, 3.63) is 71.9 Å². The van der Waals surface area contributed by atoms with Crippen molar-refractivity contribution in [2.24, 2.45) is 11.7 Å². The quantitative estimate of drug-likeness (QED) is 0.158. The number of fused-ring (bicyclic) bond motifs is 1. The van der Waals surface area contributed by atoms with Gasteiger partial charge in [0.1, 0.15) is 18.1 Å². The van der Waals surface area contributed by atoms with Crippen molar-refractivity contribution in [3.8, 4) is 0 Å². The van der Waals surface area contributed by atoms with Gasteiger partial charge in [0, 0.05) is 29.3 Å². The molecule has 0 saturated heterocycles. The predicted molar refractivity (Wildman–Crippen MR) is 152 cm³/mol. The van der Waals surface area contributed by atoms with Gasteiger partial charge >= 0.3 is 5.97 Å². The van der Waals surface area contributed by atoms with E-state index in [4.69, 9.17) is 5.73 Å². The molecule has 1 aromatic heterocycles. The van der Waals surface area contributed by atoms with Crippen LogP contribution < -0.4 is 21.7 Å². The molecule has 0 radical (unpaired) electrons. The molecule has 0 aliphatic heterocycles. The summed E-state index contributed by atoms with van der Waals surface area (Å²) < 4.78 is 0. The van der Waals surface area contributed by atoms with Crippen molar-refractivity contribution in [2.45, 2.75) is 50.9 Å². The van der Waals surface area contributed by atoms with Gasteiger partial charge < -0.3 is 31.8 Å². The Morgan fingerprint density at radius 3 is 2.15 bits per heavy atom. The summed E-state index contributed by atoms with van der Waals surface area (Å²) in [5.41, 5.74) is 8.87. The fourth-order valence-corrected chi connectivity index (χ4v) is 4.45. The monoisotopic (exact) mass is 553 g/mol. The summed E-state index contributed by atoms with van der Waals surface area (Å²) in [6.07, 6.45) is 2.24. The molecule has 3 rings (SSSR count). The van der Waals surface area contributed by atoms with Gasteiger partial charge in [-0.2, -0.15) is 12.6 Å². The summed E-state index contributed by atoms with van der Waals surface area (Å²) in [6.45, 7) is 3.45. The van der Waals surface area contributed by atoms with Crippen LogP contribution in [-0.4, -0.2) is 63.7 Å². The van der Waals surface area contributed by atoms with Crippen LogP contribution in [0.15, 0.2) is 60.8 Å². The molecule has 0 aliphatic rings. The van der Waals surface area contributed by atoms with Crippen molar-refractivity contribution in [1.29, 1.82) is 0 Å². The molecule has 4 atom stereocenters. The number of hydrogen-bond acceptors (Lipinski definition) is 6. The first-order chi connectivity index (χ1) is 18.6. The summed E-state index contributed by atoms with van der Waals surface area (Å²) in [5, 5.41) is 18.1. The molecule has 11 heteroatoms. The number of thiol groups is 1. The van der Waals surface area contributed by atoms with Crippen molar-refractivity contribution < 1.29 is 24.3 Å². The third kappa shape index (κ3) is 8.08. The van der Waals surface area contributed by atoms with Gasteiger partial charge in [0.25, 0.3) is 0 Å². The Balaban J connectivity index is 1.75. The van der Waals surface area contributed by atoms with Crippen LogP contribution >= 0.6 is 12.6 Å². The van der Waals surface area contributed by atoms with Crippen molar-refractivity contribution in [1.82, 2.24) is 20.9 Å². The van der Waals surface area contributed by atoms with Crippen LogP contribution in [0.2, 0.25) is 0 Å². The first-order valence-corrected chi connectivity index (χ1v) is 13.3. The van der Waals surface area contributed by atoms with E-state index >= 15 is 0 Å². The van der Waals surface area contributed by atoms with E-state index in [-0.39, 0.29) is 24.5 Å². The maximum absolute atomic E-state index is 13.4. The Morgan fingerprint density at radius 2 is 1.51 bits per heavy atom. The number of rotatable bonds is 13. The lowest BCUT2D eigenvalue weighted by Crippen LogP contribution is -2.59. The molecule has 0 saturated carbocycles. The normalized spacial score (nSPS) is 14.3. The number of aliphatic carboxylic acids is 1. The van der Waals surface area contributed by atoms with Gasteiger partial charge in [-0.15, -0.1) is 0 Å². The van der Waals surface area contributed by atoms with Crippen LogP contribution in [0.4, 0.5) is 0 Å². The molecule has 0 aliphatic carbocycles. The second-order valence-corrected chi connectivity index (χ2v) is 10.1. The number of carbonyl (C=O) groups excluding carboxylic acids is 3. The summed E-state index contributed by atoms with van der Waals surface area (Å²) in [4.78, 5) is 53.9. The standard InChI is InChI=1S/C28H35N5O5S/c1-16(2)24(27(36)32-23(15-39)28(37)38)33-26(35)22(12-17-8-4-3-5-9-17)31-25(34)20(29)13-18-14-30-21-11-7-6-10-19(18)21/h3-11,14,16,20,22-24,30,39H,12-13,15,29H2,1-2H3,(H,31,34)(H,32,36)(H,33,35)(H,37,38). The minimum absolute atomic E-state index is 0.110. The number of benzene rings is 2. The Hall–Kier alpha value is -3.83. The average Bonchev–Trinajstić information content (AvgIpc) is 3.32. The van der Waals surface area contributed by atoms with Crippen LogP contribution in [0, 0.1) is 5.92 Å². The van der Waals surface area contributed by atoms with E-state index in [2.05, 4.69) is 33.6 Å². The zero-order valence-corrected chi connectivity index (χ0v) is 22.8. The van der Waals surface area contributed by atoms with Gasteiger partial charge in [-0.25, -0.2) is 4.79 Å². The highest BCUT2D eigenvalue weighted by Crippen LogP contribution is 2.19. The van der Waals surface area contributed by atoms with Crippen LogP contribution in [0.5, 0.6) is 0 Å². The van der Waals surface area contributed by atoms with E-state index in [9.17, 15) is 24.3 Å². The van der Waals surface area contributed by atoms with Crippen molar-refractivity contribution in [3.63, 3.8) is 0 Å². The Morgan fingerprint density at radius 1 is 0.872 bits per heavy atom. The zero-order chi connectivity index (χ0) is 28.5. The van der Waals surface area contributed by atoms with Gasteiger partial charge in [-0.1, -0.05) is 62.4 Å². The van der Waals surface area contributed by atoms with Gasteiger partial charge in [-0.3, -0.25) is 14.4 Å². The number of carbonyl (C=O) groups is 4. The molecule has 10 nitrogen and oxygen atoms in total. The second kappa shape index (κ2) is 13.8. The van der Waals surface area contributed by atoms with E-state index in [1.165, 1.54) is 0 Å². The molecular formula is C28H35N5O5S. The first kappa shape index (κ1) is 29.7. The average molecular weight is 554 g/mol. The summed E-state index contributed by atoms with van der Waals surface area (Å²) in [5.74, 6) is -3.45. The van der Waals surface area contributed by atoms with E-state index in [1.807, 2.05) is 60.8 Å². The van der Waals surface area contributed by atoms with Crippen molar-refractivity contribution >= 4 is 47.2 Å². The Labute approximate surface area is 232 Å². The molecular weight excluding hydrogens is 518 g/mol. The number of H-pyrrole nitrogens is 1. The SMILES string of the molecule is CC(C)C(NC(=O)C(Cc1ccccc1)NC(=O)C(N)Cc1c[nH]c2ccccc12)C(=O)NC(CS)C(=O)O. The van der Waals surface area contributed by atoms with Gasteiger partial charge in [-0.05, 0) is 29.5 Å². The van der Waals surface area contributed by atoms with Gasteiger partial charge in [0.2, 0.25) is 17.7 Å². The molecule has 0 bridgehead atoms. The smallest absolute Gasteiger partial charge is 0.327 e. The van der Waals surface area contributed by atoms with E-state index in [0.717, 1.165) is 22.0 Å².